The van der Waals surface area contributed by atoms with Crippen LogP contribution in [-0.2, 0) is 4.79 Å². The summed E-state index contributed by atoms with van der Waals surface area (Å²) in [4.78, 5) is 10.4. The van der Waals surface area contributed by atoms with Crippen LogP contribution >= 0.6 is 11.6 Å². The predicted octanol–water partition coefficient (Wildman–Crippen LogP) is -0.382. The quantitative estimate of drug-likeness (QED) is 0.350. The molecule has 1 aliphatic heterocycles. The molecule has 1 aliphatic rings. The average Bonchev–Trinajstić information content (AvgIpc) is 1.64. The van der Waals surface area contributed by atoms with Crippen LogP contribution in [0.15, 0.2) is 0 Å². The smallest absolute Gasteiger partial charge is 0.223 e. The Bertz CT molecular complexity index is 106. The summed E-state index contributed by atoms with van der Waals surface area (Å²) in [5.74, 6) is 0.0174. The van der Waals surface area contributed by atoms with Gasteiger partial charge in [0, 0.05) is 0 Å². The highest BCUT2D eigenvalue weighted by Crippen LogP contribution is 1.99. The van der Waals surface area contributed by atoms with Gasteiger partial charge in [-0.05, 0) is 0 Å². The van der Waals surface area contributed by atoms with Gasteiger partial charge in [0.05, 0.1) is 18.6 Å². The molecule has 3 nitrogen and oxygen atoms in total. The SMILES string of the molecule is O=C1CC(Cl)NCN1. The number of hydrogen-bond acceptors (Lipinski definition) is 2. The Balaban J connectivity index is 2.34. The molecule has 0 spiro atoms. The van der Waals surface area contributed by atoms with Crippen molar-refractivity contribution in [1.29, 1.82) is 0 Å². The van der Waals surface area contributed by atoms with Gasteiger partial charge in [0.25, 0.3) is 0 Å². The van der Waals surface area contributed by atoms with Crippen molar-refractivity contribution >= 4 is 17.5 Å². The minimum absolute atomic E-state index is 0.0174. The fourth-order valence-electron chi connectivity index (χ4n) is 0.567. The van der Waals surface area contributed by atoms with E-state index in [9.17, 15) is 4.79 Å². The lowest BCUT2D eigenvalue weighted by molar-refractivity contribution is -0.122. The Morgan fingerprint density at radius 3 is 2.88 bits per heavy atom. The average molecular weight is 135 g/mol. The molecule has 1 unspecified atom stereocenters. The lowest BCUT2D eigenvalue weighted by Gasteiger charge is -2.17. The molecule has 1 atom stereocenters. The normalized spacial score (nSPS) is 29.6. The molecule has 0 radical (unpaired) electrons. The Morgan fingerprint density at radius 2 is 2.50 bits per heavy atom. The number of rotatable bonds is 0. The summed E-state index contributed by atoms with van der Waals surface area (Å²) in [6, 6.07) is 0. The molecule has 4 heteroatoms. The van der Waals surface area contributed by atoms with Gasteiger partial charge < -0.3 is 5.32 Å². The molecule has 1 fully saturated rings. The van der Waals surface area contributed by atoms with E-state index < -0.39 is 0 Å². The number of amides is 1. The van der Waals surface area contributed by atoms with E-state index >= 15 is 0 Å². The predicted molar refractivity (Wildman–Crippen MR) is 30.4 cm³/mol. The van der Waals surface area contributed by atoms with E-state index in [1.807, 2.05) is 0 Å². The van der Waals surface area contributed by atoms with Crippen LogP contribution in [0.25, 0.3) is 0 Å². The maximum Gasteiger partial charge on any atom is 0.223 e. The van der Waals surface area contributed by atoms with Crippen LogP contribution in [0.1, 0.15) is 6.42 Å². The van der Waals surface area contributed by atoms with Crippen LogP contribution in [0, 0.1) is 0 Å². The largest absolute Gasteiger partial charge is 0.343 e. The molecular formula is C4H7ClN2O. The molecular weight excluding hydrogens is 128 g/mol. The number of nitrogens with one attached hydrogen (secondary N) is 2. The lowest BCUT2D eigenvalue weighted by atomic mass is 10.3. The molecule has 0 saturated carbocycles. The fourth-order valence-corrected chi connectivity index (χ4v) is 0.785. The summed E-state index contributed by atoms with van der Waals surface area (Å²) in [6.07, 6.45) is 0.377. The molecule has 0 aromatic heterocycles. The van der Waals surface area contributed by atoms with E-state index in [1.165, 1.54) is 0 Å². The Labute approximate surface area is 52.4 Å². The van der Waals surface area contributed by atoms with Gasteiger partial charge in [-0.3, -0.25) is 10.1 Å². The summed E-state index contributed by atoms with van der Waals surface area (Å²) in [5, 5.41) is 5.42. The summed E-state index contributed by atoms with van der Waals surface area (Å²) >= 11 is 5.54. The molecule has 0 aromatic carbocycles. The van der Waals surface area contributed by atoms with Crippen molar-refractivity contribution in [3.05, 3.63) is 0 Å². The van der Waals surface area contributed by atoms with Crippen LogP contribution in [0.4, 0.5) is 0 Å². The zero-order valence-electron chi connectivity index (χ0n) is 4.28. The lowest BCUT2D eigenvalue weighted by Crippen LogP contribution is -2.45. The van der Waals surface area contributed by atoms with Crippen LogP contribution in [0.2, 0.25) is 0 Å². The number of halogens is 1. The third-order valence-electron chi connectivity index (χ3n) is 0.974. The third-order valence-corrected chi connectivity index (χ3v) is 1.28. The number of carbonyl (C=O) groups excluding carboxylic acids is 1. The molecule has 1 rings (SSSR count). The maximum absolute atomic E-state index is 10.4. The molecule has 1 heterocycles. The van der Waals surface area contributed by atoms with Gasteiger partial charge in [0.15, 0.2) is 0 Å². The molecule has 1 saturated heterocycles. The summed E-state index contributed by atoms with van der Waals surface area (Å²) in [6.45, 7) is 0.493. The van der Waals surface area contributed by atoms with Crippen LogP contribution in [-0.4, -0.2) is 18.1 Å². The van der Waals surface area contributed by atoms with Gasteiger partial charge in [-0.15, -0.1) is 11.6 Å². The highest BCUT2D eigenvalue weighted by Gasteiger charge is 2.13. The van der Waals surface area contributed by atoms with E-state index in [1.54, 1.807) is 0 Å². The zero-order chi connectivity index (χ0) is 5.98. The first-order valence-corrected chi connectivity index (χ1v) is 2.87. The van der Waals surface area contributed by atoms with E-state index in [0.29, 0.717) is 13.1 Å². The second kappa shape index (κ2) is 2.33. The number of carbonyl (C=O) groups is 1. The highest BCUT2D eigenvalue weighted by atomic mass is 35.5. The van der Waals surface area contributed by atoms with Gasteiger partial charge in [-0.25, -0.2) is 0 Å². The van der Waals surface area contributed by atoms with E-state index in [0.717, 1.165) is 0 Å². The van der Waals surface area contributed by atoms with Crippen molar-refractivity contribution in [3.63, 3.8) is 0 Å². The monoisotopic (exact) mass is 134 g/mol. The van der Waals surface area contributed by atoms with E-state index in [2.05, 4.69) is 10.6 Å². The van der Waals surface area contributed by atoms with Crippen molar-refractivity contribution in [2.75, 3.05) is 6.67 Å². The molecule has 0 bridgehead atoms. The third kappa shape index (κ3) is 1.35. The Kier molecular flexibility index (Phi) is 1.70. The maximum atomic E-state index is 10.4. The van der Waals surface area contributed by atoms with Gasteiger partial charge in [0.1, 0.15) is 0 Å². The van der Waals surface area contributed by atoms with Crippen LogP contribution < -0.4 is 10.6 Å². The molecule has 0 aliphatic carbocycles. The first kappa shape index (κ1) is 5.85. The van der Waals surface area contributed by atoms with E-state index in [4.69, 9.17) is 11.6 Å². The van der Waals surface area contributed by atoms with Gasteiger partial charge in [-0.2, -0.15) is 0 Å². The Morgan fingerprint density at radius 1 is 1.75 bits per heavy atom. The van der Waals surface area contributed by atoms with Crippen molar-refractivity contribution in [3.8, 4) is 0 Å². The van der Waals surface area contributed by atoms with E-state index in [-0.39, 0.29) is 11.4 Å². The van der Waals surface area contributed by atoms with Crippen molar-refractivity contribution in [2.24, 2.45) is 0 Å². The molecule has 46 valence electrons. The topological polar surface area (TPSA) is 41.1 Å². The summed E-state index contributed by atoms with van der Waals surface area (Å²) < 4.78 is 0. The van der Waals surface area contributed by atoms with Gasteiger partial charge >= 0.3 is 0 Å². The second-order valence-corrected chi connectivity index (χ2v) is 2.18. The van der Waals surface area contributed by atoms with Gasteiger partial charge in [-0.1, -0.05) is 0 Å². The molecule has 2 N–H and O–H groups in total. The van der Waals surface area contributed by atoms with Crippen molar-refractivity contribution < 1.29 is 4.79 Å². The van der Waals surface area contributed by atoms with Crippen LogP contribution in [0.3, 0.4) is 0 Å². The minimum atomic E-state index is -0.177. The summed E-state index contributed by atoms with van der Waals surface area (Å²) in [5.41, 5.74) is -0.177. The molecule has 0 aromatic rings. The standard InChI is InChI=1S/C4H7ClN2O/c5-3-1-4(8)7-2-6-3/h3,6H,1-2H2,(H,7,8). The minimum Gasteiger partial charge on any atom is -0.343 e. The van der Waals surface area contributed by atoms with Crippen molar-refractivity contribution in [1.82, 2.24) is 10.6 Å². The fraction of sp³-hybridized carbons (Fsp3) is 0.750. The van der Waals surface area contributed by atoms with Crippen molar-refractivity contribution in [2.45, 2.75) is 11.9 Å². The van der Waals surface area contributed by atoms with Crippen LogP contribution in [0.5, 0.6) is 0 Å². The first-order valence-electron chi connectivity index (χ1n) is 2.43. The Hall–Kier alpha value is -0.280. The number of hydrogen-bond donors (Lipinski definition) is 2. The molecule has 8 heavy (non-hydrogen) atoms. The highest BCUT2D eigenvalue weighted by molar-refractivity contribution is 6.21. The zero-order valence-corrected chi connectivity index (χ0v) is 5.03. The first-order chi connectivity index (χ1) is 3.79. The second-order valence-electron chi connectivity index (χ2n) is 1.65. The van der Waals surface area contributed by atoms with Gasteiger partial charge in [0.2, 0.25) is 5.91 Å². The summed E-state index contributed by atoms with van der Waals surface area (Å²) in [7, 11) is 0. The molecule has 1 amide bonds. The number of alkyl halides is 1.